The summed E-state index contributed by atoms with van der Waals surface area (Å²) >= 11 is 6.33. The van der Waals surface area contributed by atoms with E-state index in [2.05, 4.69) is 0 Å². The first-order valence-corrected chi connectivity index (χ1v) is 15.1. The van der Waals surface area contributed by atoms with Gasteiger partial charge in [-0.15, -0.1) is 0 Å². The molecule has 3 amide bonds. The van der Waals surface area contributed by atoms with E-state index in [0.29, 0.717) is 48.1 Å². The highest BCUT2D eigenvalue weighted by Crippen LogP contribution is 2.47. The van der Waals surface area contributed by atoms with Crippen LogP contribution in [0.3, 0.4) is 0 Å². The number of nitrogens with zero attached hydrogens (tertiary/aromatic N) is 3. The highest BCUT2D eigenvalue weighted by atomic mass is 35.5. The zero-order valence-corrected chi connectivity index (χ0v) is 25.1. The summed E-state index contributed by atoms with van der Waals surface area (Å²) < 4.78 is 5.06. The molecular weight excluding hydrogens is 582 g/mol. The Morgan fingerprint density at radius 3 is 2.66 bits per heavy atom. The number of carbonyl (C=O) groups is 3. The largest absolute Gasteiger partial charge is 0.447 e. The predicted octanol–water partition coefficient (Wildman–Crippen LogP) is 4.56. The summed E-state index contributed by atoms with van der Waals surface area (Å²) in [6.07, 6.45) is 3.61. The molecule has 6 rings (SSSR count). The van der Waals surface area contributed by atoms with Crippen LogP contribution in [0.15, 0.2) is 78.9 Å². The number of carbonyl (C=O) groups excluding carboxylic acids is 3. The molecule has 0 aliphatic carbocycles. The molecule has 0 radical (unpaired) electrons. The molecule has 0 saturated carbocycles. The van der Waals surface area contributed by atoms with Gasteiger partial charge in [0.05, 0.1) is 31.4 Å². The molecule has 9 nitrogen and oxygen atoms in total. The third-order valence-corrected chi connectivity index (χ3v) is 9.05. The third-order valence-electron chi connectivity index (χ3n) is 8.82. The fraction of sp³-hybridized carbons (Fsp3) is 0.324. The molecule has 0 bridgehead atoms. The number of rotatable bonds is 8. The van der Waals surface area contributed by atoms with Crippen molar-refractivity contribution in [2.75, 3.05) is 29.6 Å². The van der Waals surface area contributed by atoms with Crippen LogP contribution in [0.25, 0.3) is 0 Å². The second kappa shape index (κ2) is 12.1. The number of fused-ring (bicyclic) bond motifs is 2. The molecular formula is C34H34ClN3O6. The lowest BCUT2D eigenvalue weighted by Gasteiger charge is -2.36. The van der Waals surface area contributed by atoms with Crippen LogP contribution in [-0.4, -0.2) is 58.8 Å². The molecule has 3 aromatic carbocycles. The lowest BCUT2D eigenvalue weighted by Crippen LogP contribution is -2.46. The number of halogens is 1. The average molecular weight is 616 g/mol. The number of benzene rings is 3. The Hall–Kier alpha value is -4.18. The third kappa shape index (κ3) is 5.36. The summed E-state index contributed by atoms with van der Waals surface area (Å²) in [6.45, 7) is 2.96. The van der Waals surface area contributed by atoms with Gasteiger partial charge in [-0.1, -0.05) is 67.1 Å². The quantitative estimate of drug-likeness (QED) is 0.360. The summed E-state index contributed by atoms with van der Waals surface area (Å²) in [5, 5.41) is 22.4. The molecule has 0 spiro atoms. The molecule has 3 aliphatic heterocycles. The first kappa shape index (κ1) is 29.9. The fourth-order valence-electron chi connectivity index (χ4n) is 6.38. The lowest BCUT2D eigenvalue weighted by molar-refractivity contribution is -0.139. The Balaban J connectivity index is 1.20. The zero-order valence-electron chi connectivity index (χ0n) is 24.4. The van der Waals surface area contributed by atoms with Crippen molar-refractivity contribution in [3.05, 3.63) is 106 Å². The number of amides is 3. The summed E-state index contributed by atoms with van der Waals surface area (Å²) in [7, 11) is 0. The van der Waals surface area contributed by atoms with Gasteiger partial charge in [0.1, 0.15) is 6.61 Å². The van der Waals surface area contributed by atoms with Gasteiger partial charge in [0.25, 0.3) is 5.91 Å². The molecule has 1 fully saturated rings. The predicted molar refractivity (Wildman–Crippen MR) is 166 cm³/mol. The van der Waals surface area contributed by atoms with Gasteiger partial charge >= 0.3 is 6.09 Å². The summed E-state index contributed by atoms with van der Waals surface area (Å²) in [5.41, 5.74) is 2.67. The molecule has 0 aromatic heterocycles. The van der Waals surface area contributed by atoms with E-state index < -0.39 is 23.5 Å². The van der Waals surface area contributed by atoms with Gasteiger partial charge in [-0.05, 0) is 53.4 Å². The number of aliphatic hydroxyl groups is 2. The van der Waals surface area contributed by atoms with Gasteiger partial charge < -0.3 is 24.7 Å². The van der Waals surface area contributed by atoms with Crippen LogP contribution in [-0.2, 0) is 39.4 Å². The second-order valence-electron chi connectivity index (χ2n) is 11.5. The van der Waals surface area contributed by atoms with E-state index >= 15 is 0 Å². The topological polar surface area (TPSA) is 111 Å². The van der Waals surface area contributed by atoms with Gasteiger partial charge in [-0.2, -0.15) is 0 Å². The first-order chi connectivity index (χ1) is 21.2. The maximum atomic E-state index is 14.0. The highest BCUT2D eigenvalue weighted by molar-refractivity contribution is 6.31. The van der Waals surface area contributed by atoms with Crippen molar-refractivity contribution in [2.24, 2.45) is 5.92 Å². The summed E-state index contributed by atoms with van der Waals surface area (Å²) in [4.78, 5) is 44.1. The molecule has 3 aliphatic rings. The van der Waals surface area contributed by atoms with E-state index in [0.717, 1.165) is 16.7 Å². The van der Waals surface area contributed by atoms with Gasteiger partial charge in [-0.25, -0.2) is 4.79 Å². The van der Waals surface area contributed by atoms with E-state index in [1.54, 1.807) is 47.1 Å². The lowest BCUT2D eigenvalue weighted by atomic mass is 9.83. The van der Waals surface area contributed by atoms with Crippen molar-refractivity contribution in [1.82, 2.24) is 4.90 Å². The van der Waals surface area contributed by atoms with Crippen molar-refractivity contribution >= 4 is 40.9 Å². The molecule has 3 aromatic rings. The second-order valence-corrected chi connectivity index (χ2v) is 11.9. The molecule has 44 heavy (non-hydrogen) atoms. The van der Waals surface area contributed by atoms with Crippen molar-refractivity contribution in [3.63, 3.8) is 0 Å². The number of hydrogen-bond acceptors (Lipinski definition) is 6. The number of ether oxygens (including phenoxy) is 1. The van der Waals surface area contributed by atoms with Crippen LogP contribution >= 0.6 is 11.6 Å². The molecule has 2 N–H and O–H groups in total. The number of aliphatic hydroxyl groups excluding tert-OH is 1. The Morgan fingerprint density at radius 2 is 1.91 bits per heavy atom. The van der Waals surface area contributed by atoms with Crippen LogP contribution in [0.1, 0.15) is 35.6 Å². The molecule has 3 atom stereocenters. The van der Waals surface area contributed by atoms with Crippen LogP contribution < -0.4 is 9.80 Å². The van der Waals surface area contributed by atoms with E-state index in [-0.39, 0.29) is 31.5 Å². The Kier molecular flexibility index (Phi) is 8.20. The monoisotopic (exact) mass is 615 g/mol. The number of hydrogen-bond donors (Lipinski definition) is 2. The number of anilines is 2. The Morgan fingerprint density at radius 1 is 1.11 bits per heavy atom. The van der Waals surface area contributed by atoms with Crippen molar-refractivity contribution < 1.29 is 29.3 Å². The van der Waals surface area contributed by atoms with Gasteiger partial charge in [0, 0.05) is 35.2 Å². The minimum Gasteiger partial charge on any atom is -0.447 e. The molecule has 1 saturated heterocycles. The minimum atomic E-state index is -1.91. The SMILES string of the molecule is C[C@H](/C=C/CC(=O)N1Cc2ccccc2C[C@H]1CO)[C@@]1(O)C(=O)N(Cc2cccc(N3CCOC3=O)c2)c2ccc(Cl)cc21. The average Bonchev–Trinajstić information content (AvgIpc) is 3.55. The molecule has 228 valence electrons. The highest BCUT2D eigenvalue weighted by Gasteiger charge is 2.52. The number of cyclic esters (lactones) is 1. The van der Waals surface area contributed by atoms with Crippen LogP contribution in [0.5, 0.6) is 0 Å². The zero-order chi connectivity index (χ0) is 31.0. The Labute approximate surface area is 260 Å². The van der Waals surface area contributed by atoms with Crippen molar-refractivity contribution in [1.29, 1.82) is 0 Å². The first-order valence-electron chi connectivity index (χ1n) is 14.7. The maximum Gasteiger partial charge on any atom is 0.414 e. The van der Waals surface area contributed by atoms with E-state index in [4.69, 9.17) is 16.3 Å². The normalized spacial score (nSPS) is 21.9. The van der Waals surface area contributed by atoms with E-state index in [1.807, 2.05) is 48.5 Å². The van der Waals surface area contributed by atoms with Gasteiger partial charge in [0.15, 0.2) is 5.60 Å². The van der Waals surface area contributed by atoms with Gasteiger partial charge in [0.2, 0.25) is 5.91 Å². The van der Waals surface area contributed by atoms with Crippen molar-refractivity contribution in [2.45, 2.75) is 44.5 Å². The maximum absolute atomic E-state index is 14.0. The summed E-state index contributed by atoms with van der Waals surface area (Å²) in [5.74, 6) is -1.33. The molecule has 0 unspecified atom stereocenters. The van der Waals surface area contributed by atoms with Gasteiger partial charge in [-0.3, -0.25) is 14.5 Å². The standard InChI is InChI=1S/C34H34ClN3O6/c1-22(6-4-11-31(40)37-20-25-9-3-2-8-24(25)17-28(37)21-39)34(43)29-18-26(35)12-13-30(29)38(32(34)41)19-23-7-5-10-27(16-23)36-14-15-44-33(36)42/h2-10,12-13,16,18,22,28,39,43H,11,14-15,17,19-21H2,1H3/b6-4+/t22-,28+,34+/m1/s1. The minimum absolute atomic E-state index is 0.0606. The van der Waals surface area contributed by atoms with E-state index in [1.165, 1.54) is 4.90 Å². The molecule has 3 heterocycles. The molecule has 10 heteroatoms. The van der Waals surface area contributed by atoms with Crippen molar-refractivity contribution in [3.8, 4) is 0 Å². The van der Waals surface area contributed by atoms with E-state index in [9.17, 15) is 24.6 Å². The Bertz CT molecular complexity index is 1640. The van der Waals surface area contributed by atoms with Crippen LogP contribution in [0.2, 0.25) is 5.02 Å². The fourth-order valence-corrected chi connectivity index (χ4v) is 6.55. The van der Waals surface area contributed by atoms with Crippen LogP contribution in [0, 0.1) is 5.92 Å². The smallest absolute Gasteiger partial charge is 0.414 e. The van der Waals surface area contributed by atoms with Crippen LogP contribution in [0.4, 0.5) is 16.2 Å². The summed E-state index contributed by atoms with van der Waals surface area (Å²) in [6, 6.07) is 19.9.